The SMILES string of the molecule is O=C(Nc1cccc(-c2ccc(=O)[nH]n2)c1)C1CC(=O)N(c2cccc(C(F)(F)F)c2)C1. The summed E-state index contributed by atoms with van der Waals surface area (Å²) in [5, 5.41) is 9.01. The van der Waals surface area contributed by atoms with Gasteiger partial charge in [0.1, 0.15) is 0 Å². The number of carbonyl (C=O) groups is 2. The van der Waals surface area contributed by atoms with Crippen LogP contribution in [0.4, 0.5) is 24.5 Å². The molecule has 32 heavy (non-hydrogen) atoms. The number of hydrogen-bond donors (Lipinski definition) is 2. The molecule has 0 bridgehead atoms. The van der Waals surface area contributed by atoms with Gasteiger partial charge in [-0.3, -0.25) is 14.4 Å². The molecular formula is C22H17F3N4O3. The van der Waals surface area contributed by atoms with E-state index in [1.165, 1.54) is 23.1 Å². The van der Waals surface area contributed by atoms with Crippen LogP contribution in [-0.2, 0) is 15.8 Å². The molecule has 0 radical (unpaired) electrons. The number of nitrogens with one attached hydrogen (secondary N) is 2. The fraction of sp³-hybridized carbons (Fsp3) is 0.182. The molecule has 0 saturated carbocycles. The summed E-state index contributed by atoms with van der Waals surface area (Å²) in [5.41, 5.74) is 0.536. The predicted octanol–water partition coefficient (Wildman–Crippen LogP) is 3.45. The van der Waals surface area contributed by atoms with Crippen molar-refractivity contribution < 1.29 is 22.8 Å². The summed E-state index contributed by atoms with van der Waals surface area (Å²) in [6.07, 6.45) is -4.63. The molecule has 2 amide bonds. The molecule has 1 aliphatic heterocycles. The van der Waals surface area contributed by atoms with Crippen LogP contribution >= 0.6 is 0 Å². The molecule has 1 fully saturated rings. The molecule has 1 saturated heterocycles. The van der Waals surface area contributed by atoms with Gasteiger partial charge in [-0.05, 0) is 36.4 Å². The number of amides is 2. The molecule has 3 aromatic rings. The largest absolute Gasteiger partial charge is 0.416 e. The van der Waals surface area contributed by atoms with E-state index in [9.17, 15) is 27.6 Å². The van der Waals surface area contributed by atoms with Gasteiger partial charge in [0, 0.05) is 36.0 Å². The molecule has 1 aromatic heterocycles. The first-order valence-corrected chi connectivity index (χ1v) is 9.65. The van der Waals surface area contributed by atoms with E-state index in [2.05, 4.69) is 15.5 Å². The summed E-state index contributed by atoms with van der Waals surface area (Å²) in [6.45, 7) is -0.0207. The number of H-pyrrole nitrogens is 1. The fourth-order valence-electron chi connectivity index (χ4n) is 3.49. The van der Waals surface area contributed by atoms with E-state index in [1.54, 1.807) is 30.3 Å². The first kappa shape index (κ1) is 21.3. The highest BCUT2D eigenvalue weighted by molar-refractivity contribution is 6.03. The predicted molar refractivity (Wildman–Crippen MR) is 111 cm³/mol. The summed E-state index contributed by atoms with van der Waals surface area (Å²) in [7, 11) is 0. The van der Waals surface area contributed by atoms with Crippen molar-refractivity contribution in [1.82, 2.24) is 10.2 Å². The van der Waals surface area contributed by atoms with E-state index < -0.39 is 29.5 Å². The number of benzene rings is 2. The Hall–Kier alpha value is -3.95. The van der Waals surface area contributed by atoms with E-state index in [4.69, 9.17) is 0 Å². The maximum absolute atomic E-state index is 13.0. The van der Waals surface area contributed by atoms with Crippen LogP contribution in [0.2, 0.25) is 0 Å². The van der Waals surface area contributed by atoms with Gasteiger partial charge in [-0.25, -0.2) is 5.10 Å². The van der Waals surface area contributed by atoms with Crippen molar-refractivity contribution in [1.29, 1.82) is 0 Å². The normalized spacial score (nSPS) is 16.3. The number of aromatic amines is 1. The minimum absolute atomic E-state index is 0.0207. The third-order valence-corrected chi connectivity index (χ3v) is 5.09. The van der Waals surface area contributed by atoms with Crippen molar-refractivity contribution in [2.75, 3.05) is 16.8 Å². The Morgan fingerprint density at radius 1 is 1.06 bits per heavy atom. The van der Waals surface area contributed by atoms with E-state index in [-0.39, 0.29) is 24.2 Å². The van der Waals surface area contributed by atoms with Crippen molar-refractivity contribution in [3.8, 4) is 11.3 Å². The number of carbonyl (C=O) groups excluding carboxylic acids is 2. The van der Waals surface area contributed by atoms with Gasteiger partial charge in [-0.15, -0.1) is 0 Å². The summed E-state index contributed by atoms with van der Waals surface area (Å²) in [6, 6.07) is 14.1. The zero-order chi connectivity index (χ0) is 22.9. The van der Waals surface area contributed by atoms with Crippen molar-refractivity contribution in [2.24, 2.45) is 5.92 Å². The van der Waals surface area contributed by atoms with Crippen molar-refractivity contribution in [3.63, 3.8) is 0 Å². The van der Waals surface area contributed by atoms with E-state index in [1.807, 2.05) is 0 Å². The van der Waals surface area contributed by atoms with Crippen LogP contribution in [0.3, 0.4) is 0 Å². The minimum atomic E-state index is -4.53. The monoisotopic (exact) mass is 442 g/mol. The summed E-state index contributed by atoms with van der Waals surface area (Å²) >= 11 is 0. The van der Waals surface area contributed by atoms with Gasteiger partial charge in [0.05, 0.1) is 17.2 Å². The first-order chi connectivity index (χ1) is 15.2. The van der Waals surface area contributed by atoms with Crippen LogP contribution in [0.5, 0.6) is 0 Å². The molecule has 0 aliphatic carbocycles. The number of halogens is 3. The Labute approximate surface area is 179 Å². The van der Waals surface area contributed by atoms with Gasteiger partial charge in [-0.2, -0.15) is 18.3 Å². The van der Waals surface area contributed by atoms with E-state index in [0.29, 0.717) is 16.9 Å². The highest BCUT2D eigenvalue weighted by Crippen LogP contribution is 2.33. The molecule has 2 heterocycles. The van der Waals surface area contributed by atoms with Crippen LogP contribution in [-0.4, -0.2) is 28.6 Å². The van der Waals surface area contributed by atoms with Gasteiger partial charge >= 0.3 is 6.18 Å². The highest BCUT2D eigenvalue weighted by atomic mass is 19.4. The Kier molecular flexibility index (Phi) is 5.52. The van der Waals surface area contributed by atoms with E-state index >= 15 is 0 Å². The molecule has 1 unspecified atom stereocenters. The van der Waals surface area contributed by atoms with Crippen LogP contribution in [0.15, 0.2) is 65.5 Å². The number of rotatable bonds is 4. The second-order valence-corrected chi connectivity index (χ2v) is 7.33. The second-order valence-electron chi connectivity index (χ2n) is 7.33. The summed E-state index contributed by atoms with van der Waals surface area (Å²) in [5.74, 6) is -1.55. The van der Waals surface area contributed by atoms with Gasteiger partial charge in [0.25, 0.3) is 5.56 Å². The number of alkyl halides is 3. The zero-order valence-electron chi connectivity index (χ0n) is 16.5. The molecular weight excluding hydrogens is 425 g/mol. The van der Waals surface area contributed by atoms with Crippen molar-refractivity contribution in [3.05, 3.63) is 76.6 Å². The third kappa shape index (κ3) is 4.53. The van der Waals surface area contributed by atoms with Crippen LogP contribution in [0.25, 0.3) is 11.3 Å². The molecule has 7 nitrogen and oxygen atoms in total. The average molecular weight is 442 g/mol. The second kappa shape index (κ2) is 8.29. The van der Waals surface area contributed by atoms with Gasteiger partial charge in [0.2, 0.25) is 11.8 Å². The van der Waals surface area contributed by atoms with Crippen LogP contribution < -0.4 is 15.8 Å². The quantitative estimate of drug-likeness (QED) is 0.647. The lowest BCUT2D eigenvalue weighted by Gasteiger charge is -2.18. The lowest BCUT2D eigenvalue weighted by molar-refractivity contribution is -0.137. The lowest BCUT2D eigenvalue weighted by atomic mass is 10.1. The number of anilines is 2. The average Bonchev–Trinajstić information content (AvgIpc) is 3.16. The maximum atomic E-state index is 13.0. The Balaban J connectivity index is 1.47. The Morgan fingerprint density at radius 3 is 2.56 bits per heavy atom. The standard InChI is InChI=1S/C22H17F3N4O3/c23-22(24,25)15-4-2-6-17(11-15)29-12-14(10-20(29)31)21(32)26-16-5-1-3-13(9-16)18-7-8-19(30)28-27-18/h1-9,11,14H,10,12H2,(H,26,32)(H,28,30). The number of aromatic nitrogens is 2. The molecule has 2 N–H and O–H groups in total. The van der Waals surface area contributed by atoms with Gasteiger partial charge in [-0.1, -0.05) is 18.2 Å². The third-order valence-electron chi connectivity index (χ3n) is 5.09. The molecule has 0 spiro atoms. The summed E-state index contributed by atoms with van der Waals surface area (Å²) in [4.78, 5) is 37.5. The zero-order valence-corrected chi connectivity index (χ0v) is 16.5. The number of hydrogen-bond acceptors (Lipinski definition) is 4. The van der Waals surface area contributed by atoms with Crippen molar-refractivity contribution in [2.45, 2.75) is 12.6 Å². The lowest BCUT2D eigenvalue weighted by Crippen LogP contribution is -2.28. The molecule has 10 heteroatoms. The van der Waals surface area contributed by atoms with Crippen LogP contribution in [0, 0.1) is 5.92 Å². The molecule has 164 valence electrons. The number of nitrogens with zero attached hydrogens (tertiary/aromatic N) is 2. The first-order valence-electron chi connectivity index (χ1n) is 9.65. The minimum Gasteiger partial charge on any atom is -0.326 e. The van der Waals surface area contributed by atoms with Gasteiger partial charge in [0.15, 0.2) is 0 Å². The Morgan fingerprint density at radius 2 is 1.84 bits per heavy atom. The fourth-order valence-corrected chi connectivity index (χ4v) is 3.49. The molecule has 4 rings (SSSR count). The Bertz CT molecular complexity index is 1220. The molecule has 2 aromatic carbocycles. The molecule has 1 atom stereocenters. The highest BCUT2D eigenvalue weighted by Gasteiger charge is 2.37. The van der Waals surface area contributed by atoms with E-state index in [0.717, 1.165) is 12.1 Å². The topological polar surface area (TPSA) is 95.2 Å². The summed E-state index contributed by atoms with van der Waals surface area (Å²) < 4.78 is 39.0. The smallest absolute Gasteiger partial charge is 0.326 e. The molecule has 1 aliphatic rings. The maximum Gasteiger partial charge on any atom is 0.416 e. The van der Waals surface area contributed by atoms with Gasteiger partial charge < -0.3 is 10.2 Å². The van der Waals surface area contributed by atoms with Crippen molar-refractivity contribution >= 4 is 23.2 Å². The van der Waals surface area contributed by atoms with Crippen LogP contribution in [0.1, 0.15) is 12.0 Å².